The van der Waals surface area contributed by atoms with Gasteiger partial charge in [-0.15, -0.1) is 0 Å². The first-order valence-corrected chi connectivity index (χ1v) is 16.7. The van der Waals surface area contributed by atoms with Crippen molar-refractivity contribution >= 4 is 17.5 Å². The first kappa shape index (κ1) is 35.4. The van der Waals surface area contributed by atoms with Gasteiger partial charge in [0.25, 0.3) is 0 Å². The molecule has 0 saturated heterocycles. The van der Waals surface area contributed by atoms with Crippen LogP contribution in [0.2, 0.25) is 0 Å². The summed E-state index contributed by atoms with van der Waals surface area (Å²) >= 11 is 0. The predicted octanol–water partition coefficient (Wildman–Crippen LogP) is 5.51. The van der Waals surface area contributed by atoms with Crippen LogP contribution >= 0.6 is 0 Å². The Hall–Kier alpha value is -4.93. The number of amides is 2. The van der Waals surface area contributed by atoms with E-state index < -0.39 is 12.1 Å². The van der Waals surface area contributed by atoms with Crippen molar-refractivity contribution in [1.82, 2.24) is 10.6 Å². The minimum Gasteiger partial charge on any atom is -0.493 e. The van der Waals surface area contributed by atoms with E-state index in [1.54, 1.807) is 47.7 Å². The summed E-state index contributed by atoms with van der Waals surface area (Å²) in [4.78, 5) is 40.4. The molecule has 3 aromatic rings. The molecule has 49 heavy (non-hydrogen) atoms. The largest absolute Gasteiger partial charge is 0.493 e. The van der Waals surface area contributed by atoms with Gasteiger partial charge >= 0.3 is 0 Å². The van der Waals surface area contributed by atoms with E-state index in [1.165, 1.54) is 6.92 Å². The molecule has 0 aliphatic heterocycles. The zero-order valence-corrected chi connectivity index (χ0v) is 29.6. The van der Waals surface area contributed by atoms with Crippen LogP contribution in [0.25, 0.3) is 11.1 Å². The van der Waals surface area contributed by atoms with E-state index in [2.05, 4.69) is 16.0 Å². The number of hydrogen-bond donors (Lipinski definition) is 3. The topological polar surface area (TPSA) is 133 Å². The highest BCUT2D eigenvalue weighted by Gasteiger charge is 2.33. The molecule has 11 nitrogen and oxygen atoms in total. The highest BCUT2D eigenvalue weighted by atomic mass is 16.5. The van der Waals surface area contributed by atoms with Crippen molar-refractivity contribution in [2.75, 3.05) is 40.9 Å². The van der Waals surface area contributed by atoms with Crippen LogP contribution in [0.1, 0.15) is 74.4 Å². The van der Waals surface area contributed by atoms with Crippen molar-refractivity contribution in [3.05, 3.63) is 68.9 Å². The molecule has 3 N–H and O–H groups in total. The van der Waals surface area contributed by atoms with E-state index in [0.29, 0.717) is 59.1 Å². The molecule has 2 aliphatic carbocycles. The van der Waals surface area contributed by atoms with Gasteiger partial charge in [-0.3, -0.25) is 14.4 Å². The molecule has 3 aromatic carbocycles. The third-order valence-electron chi connectivity index (χ3n) is 9.76. The number of benzene rings is 2. The lowest BCUT2D eigenvalue weighted by molar-refractivity contribution is -0.123. The number of fused-ring (bicyclic) bond motifs is 4. The van der Waals surface area contributed by atoms with Crippen molar-refractivity contribution in [2.24, 2.45) is 5.92 Å². The summed E-state index contributed by atoms with van der Waals surface area (Å²) in [5.41, 5.74) is 5.12. The molecule has 0 radical (unpaired) electrons. The molecule has 2 aliphatic rings. The van der Waals surface area contributed by atoms with Crippen LogP contribution in [0.5, 0.6) is 28.7 Å². The van der Waals surface area contributed by atoms with Gasteiger partial charge in [0.2, 0.25) is 23.0 Å². The lowest BCUT2D eigenvalue weighted by Gasteiger charge is -2.26. The Morgan fingerprint density at radius 1 is 0.776 bits per heavy atom. The predicted molar refractivity (Wildman–Crippen MR) is 188 cm³/mol. The molecule has 4 atom stereocenters. The van der Waals surface area contributed by atoms with Gasteiger partial charge < -0.3 is 39.6 Å². The van der Waals surface area contributed by atoms with Crippen LogP contribution in [0, 0.1) is 5.92 Å². The van der Waals surface area contributed by atoms with E-state index in [9.17, 15) is 14.4 Å². The Morgan fingerprint density at radius 3 is 2.00 bits per heavy atom. The Bertz CT molecular complexity index is 1790. The quantitative estimate of drug-likeness (QED) is 0.228. The monoisotopic (exact) mass is 673 g/mol. The minimum atomic E-state index is -0.693. The zero-order valence-electron chi connectivity index (χ0n) is 29.6. The van der Waals surface area contributed by atoms with Gasteiger partial charge in [-0.25, -0.2) is 0 Å². The van der Waals surface area contributed by atoms with Crippen LogP contribution in [-0.2, 0) is 22.4 Å². The van der Waals surface area contributed by atoms with E-state index in [0.717, 1.165) is 35.1 Å². The van der Waals surface area contributed by atoms with E-state index >= 15 is 0 Å². The van der Waals surface area contributed by atoms with Crippen molar-refractivity contribution < 1.29 is 33.3 Å². The number of hydrogen-bond acceptors (Lipinski definition) is 9. The summed E-state index contributed by atoms with van der Waals surface area (Å²) in [5, 5.41) is 9.59. The van der Waals surface area contributed by atoms with E-state index in [4.69, 9.17) is 23.7 Å². The summed E-state index contributed by atoms with van der Waals surface area (Å²) in [7, 11) is 7.88. The summed E-state index contributed by atoms with van der Waals surface area (Å²) in [6, 6.07) is 9.59. The highest BCUT2D eigenvalue weighted by Crippen LogP contribution is 2.50. The molecule has 0 saturated carbocycles. The molecular formula is C38H47N3O8. The average molecular weight is 674 g/mol. The number of carbonyl (C=O) groups is 2. The van der Waals surface area contributed by atoms with Crippen LogP contribution in [-0.4, -0.2) is 53.4 Å². The fourth-order valence-electron chi connectivity index (χ4n) is 7.04. The standard InChI is InChI=1S/C38H47N3O8/c1-9-20(2)35(38(44)41-27-13-10-22-16-31(45-4)32(46-5)19-25(22)27)40-29-15-12-24-26(18-30(29)43)28(39-21(3)42)14-11-23-17-33(47-6)36(48-7)37(49-8)34(23)24/h12,15-20,27-28,35H,9-11,13-14H2,1-8H3,(H,39,42)(H,40,43)(H,41,44)/t20-,27?,28+,35+/m1/s1. The Balaban J connectivity index is 1.56. The second kappa shape index (κ2) is 15.1. The first-order chi connectivity index (χ1) is 23.6. The smallest absolute Gasteiger partial charge is 0.243 e. The summed E-state index contributed by atoms with van der Waals surface area (Å²) < 4.78 is 28.2. The molecule has 5 rings (SSSR count). The van der Waals surface area contributed by atoms with Crippen LogP contribution in [0.3, 0.4) is 0 Å². The molecule has 0 fully saturated rings. The molecular weight excluding hydrogens is 626 g/mol. The van der Waals surface area contributed by atoms with Gasteiger partial charge in [0.15, 0.2) is 23.0 Å². The van der Waals surface area contributed by atoms with Crippen LogP contribution in [0.4, 0.5) is 5.69 Å². The van der Waals surface area contributed by atoms with E-state index in [-0.39, 0.29) is 34.9 Å². The lowest BCUT2D eigenvalue weighted by atomic mass is 9.95. The number of methoxy groups -OCH3 is 5. The van der Waals surface area contributed by atoms with Crippen LogP contribution < -0.4 is 45.1 Å². The SMILES string of the molecule is CC[C@@H](C)[C@H](Nc1ccc2c(cc1=O)[C@@H](NC(C)=O)CCc1cc(OC)c(OC)c(OC)c1-2)C(=O)NC1CCc2cc(OC)c(OC)cc21. The van der Waals surface area contributed by atoms with Gasteiger partial charge in [0, 0.05) is 12.5 Å². The molecule has 0 bridgehead atoms. The number of ether oxygens (including phenoxy) is 5. The van der Waals surface area contributed by atoms with Gasteiger partial charge in [0.05, 0.1) is 53.3 Å². The fraction of sp³-hybridized carbons (Fsp3) is 0.447. The Morgan fingerprint density at radius 2 is 1.39 bits per heavy atom. The molecule has 2 amide bonds. The van der Waals surface area contributed by atoms with Gasteiger partial charge in [-0.2, -0.15) is 0 Å². The molecule has 11 heteroatoms. The van der Waals surface area contributed by atoms with E-state index in [1.807, 2.05) is 38.1 Å². The van der Waals surface area contributed by atoms with Crippen molar-refractivity contribution in [1.29, 1.82) is 0 Å². The maximum absolute atomic E-state index is 14.0. The average Bonchev–Trinajstić information content (AvgIpc) is 3.33. The molecule has 0 heterocycles. The van der Waals surface area contributed by atoms with Gasteiger partial charge in [-0.05, 0) is 89.8 Å². The molecule has 0 aromatic heterocycles. The van der Waals surface area contributed by atoms with Crippen molar-refractivity contribution in [2.45, 2.75) is 71.0 Å². The Labute approximate surface area is 287 Å². The maximum Gasteiger partial charge on any atom is 0.243 e. The second-order valence-electron chi connectivity index (χ2n) is 12.6. The lowest BCUT2D eigenvalue weighted by Crippen LogP contribution is -2.45. The Kier molecular flexibility index (Phi) is 10.9. The first-order valence-electron chi connectivity index (χ1n) is 16.7. The number of carbonyl (C=O) groups excluding carboxylic acids is 2. The van der Waals surface area contributed by atoms with Gasteiger partial charge in [-0.1, -0.05) is 26.3 Å². The highest BCUT2D eigenvalue weighted by molar-refractivity contribution is 5.86. The summed E-state index contributed by atoms with van der Waals surface area (Å²) in [6.45, 7) is 5.47. The minimum absolute atomic E-state index is 0.0984. The zero-order chi connectivity index (χ0) is 35.4. The summed E-state index contributed by atoms with van der Waals surface area (Å²) in [5.74, 6) is 2.18. The molecule has 0 spiro atoms. The fourth-order valence-corrected chi connectivity index (χ4v) is 7.04. The third kappa shape index (κ3) is 6.97. The second-order valence-corrected chi connectivity index (χ2v) is 12.6. The molecule has 1 unspecified atom stereocenters. The summed E-state index contributed by atoms with van der Waals surface area (Å²) in [6.07, 6.45) is 3.38. The number of nitrogens with one attached hydrogen (secondary N) is 3. The van der Waals surface area contributed by atoms with Crippen LogP contribution in [0.15, 0.2) is 41.2 Å². The van der Waals surface area contributed by atoms with Gasteiger partial charge in [0.1, 0.15) is 6.04 Å². The number of aryl methyl sites for hydroxylation is 2. The normalized spacial score (nSPS) is 17.2. The number of rotatable bonds is 12. The number of anilines is 1. The maximum atomic E-state index is 14.0. The van der Waals surface area contributed by atoms with Crippen molar-refractivity contribution in [3.8, 4) is 39.9 Å². The van der Waals surface area contributed by atoms with Crippen molar-refractivity contribution in [3.63, 3.8) is 0 Å². The molecule has 262 valence electrons. The third-order valence-corrected chi connectivity index (χ3v) is 9.76.